The summed E-state index contributed by atoms with van der Waals surface area (Å²) >= 11 is 0. The normalized spacial score (nSPS) is 9.85. The Bertz CT molecular complexity index is 590. The average molecular weight is 274 g/mol. The highest BCUT2D eigenvalue weighted by Crippen LogP contribution is 2.28. The summed E-state index contributed by atoms with van der Waals surface area (Å²) in [4.78, 5) is 18.4. The molecule has 0 saturated carbocycles. The number of nitro groups is 1. The van der Waals surface area contributed by atoms with Gasteiger partial charge >= 0.3 is 5.69 Å². The molecule has 2 rings (SSSR count). The van der Waals surface area contributed by atoms with E-state index < -0.39 is 4.92 Å². The Balaban J connectivity index is 2.22. The van der Waals surface area contributed by atoms with E-state index in [9.17, 15) is 10.1 Å². The van der Waals surface area contributed by atoms with E-state index >= 15 is 0 Å². The van der Waals surface area contributed by atoms with Crippen LogP contribution >= 0.6 is 0 Å². The van der Waals surface area contributed by atoms with Crippen LogP contribution in [-0.4, -0.2) is 21.4 Å². The molecule has 0 aliphatic rings. The fraction of sp³-hybridized carbons (Fsp3) is 0.167. The van der Waals surface area contributed by atoms with Crippen LogP contribution in [0.2, 0.25) is 0 Å². The highest BCUT2D eigenvalue weighted by molar-refractivity contribution is 5.70. The Labute approximate surface area is 115 Å². The summed E-state index contributed by atoms with van der Waals surface area (Å²) < 4.78 is 0. The van der Waals surface area contributed by atoms with Crippen molar-refractivity contribution >= 4 is 23.0 Å². The highest BCUT2D eigenvalue weighted by atomic mass is 16.6. The molecule has 20 heavy (non-hydrogen) atoms. The highest BCUT2D eigenvalue weighted by Gasteiger charge is 2.22. The topological polar surface area (TPSA) is 105 Å². The number of hydrazine groups is 1. The summed E-state index contributed by atoms with van der Waals surface area (Å²) in [6, 6.07) is 9.23. The number of benzene rings is 1. The minimum Gasteiger partial charge on any atom is -0.364 e. The maximum absolute atomic E-state index is 11.1. The van der Waals surface area contributed by atoms with Gasteiger partial charge in [-0.1, -0.05) is 18.2 Å². The van der Waals surface area contributed by atoms with Crippen LogP contribution in [0.15, 0.2) is 36.7 Å². The lowest BCUT2D eigenvalue weighted by atomic mass is 10.3. The van der Waals surface area contributed by atoms with Crippen LogP contribution in [0.5, 0.6) is 0 Å². The fourth-order valence-corrected chi connectivity index (χ4v) is 1.59. The molecule has 1 heterocycles. The van der Waals surface area contributed by atoms with Gasteiger partial charge in [0.2, 0.25) is 11.6 Å². The van der Waals surface area contributed by atoms with Crippen LogP contribution in [0, 0.1) is 10.1 Å². The van der Waals surface area contributed by atoms with Gasteiger partial charge in [0.05, 0.1) is 10.6 Å². The zero-order chi connectivity index (χ0) is 14.4. The predicted molar refractivity (Wildman–Crippen MR) is 76.5 cm³/mol. The summed E-state index contributed by atoms with van der Waals surface area (Å²) in [5, 5.41) is 14.0. The molecule has 0 amide bonds. The molecule has 0 saturated heterocycles. The van der Waals surface area contributed by atoms with Crippen molar-refractivity contribution < 1.29 is 4.92 Å². The Morgan fingerprint density at radius 2 is 1.85 bits per heavy atom. The summed E-state index contributed by atoms with van der Waals surface area (Å²) in [5.74, 6) is 0.287. The van der Waals surface area contributed by atoms with E-state index in [4.69, 9.17) is 0 Å². The van der Waals surface area contributed by atoms with E-state index in [1.165, 1.54) is 6.33 Å². The molecule has 3 N–H and O–H groups in total. The molecule has 0 fully saturated rings. The van der Waals surface area contributed by atoms with Crippen LogP contribution < -0.4 is 16.2 Å². The summed E-state index contributed by atoms with van der Waals surface area (Å²) in [6.45, 7) is 2.37. The smallest absolute Gasteiger partial charge is 0.354 e. The van der Waals surface area contributed by atoms with Crippen LogP contribution in [0.1, 0.15) is 6.92 Å². The molecule has 0 radical (unpaired) electrons. The zero-order valence-electron chi connectivity index (χ0n) is 10.8. The van der Waals surface area contributed by atoms with Gasteiger partial charge in [-0.25, -0.2) is 9.97 Å². The quantitative estimate of drug-likeness (QED) is 0.548. The van der Waals surface area contributed by atoms with Crippen molar-refractivity contribution in [2.75, 3.05) is 22.7 Å². The lowest BCUT2D eigenvalue weighted by Gasteiger charge is -2.10. The maximum Gasteiger partial charge on any atom is 0.354 e. The van der Waals surface area contributed by atoms with Crippen molar-refractivity contribution in [3.63, 3.8) is 0 Å². The zero-order valence-corrected chi connectivity index (χ0v) is 10.8. The largest absolute Gasteiger partial charge is 0.364 e. The first-order valence-electron chi connectivity index (χ1n) is 6.02. The van der Waals surface area contributed by atoms with Gasteiger partial charge in [0.15, 0.2) is 0 Å². The molecular weight excluding hydrogens is 260 g/mol. The lowest BCUT2D eigenvalue weighted by Crippen LogP contribution is -2.14. The SMILES string of the molecule is CCNc1ncnc(NNc2ccccc2)c1[N+](=O)[O-]. The maximum atomic E-state index is 11.1. The Morgan fingerprint density at radius 3 is 2.50 bits per heavy atom. The number of anilines is 3. The van der Waals surface area contributed by atoms with Crippen LogP contribution in [0.25, 0.3) is 0 Å². The van der Waals surface area contributed by atoms with Crippen molar-refractivity contribution in [3.05, 3.63) is 46.8 Å². The summed E-state index contributed by atoms with van der Waals surface area (Å²) in [6.07, 6.45) is 1.26. The second-order valence-corrected chi connectivity index (χ2v) is 3.82. The van der Waals surface area contributed by atoms with Gasteiger partial charge in [0, 0.05) is 6.54 Å². The van der Waals surface area contributed by atoms with Crippen molar-refractivity contribution in [2.24, 2.45) is 0 Å². The molecular formula is C12H14N6O2. The second-order valence-electron chi connectivity index (χ2n) is 3.82. The van der Waals surface area contributed by atoms with Crippen molar-refractivity contribution in [3.8, 4) is 0 Å². The van der Waals surface area contributed by atoms with Gasteiger partial charge in [-0.2, -0.15) is 0 Å². The molecule has 2 aromatic rings. The van der Waals surface area contributed by atoms with E-state index in [-0.39, 0.29) is 17.3 Å². The first-order valence-corrected chi connectivity index (χ1v) is 6.02. The second kappa shape index (κ2) is 6.32. The van der Waals surface area contributed by atoms with E-state index in [2.05, 4.69) is 26.1 Å². The third-order valence-corrected chi connectivity index (χ3v) is 2.45. The molecule has 104 valence electrons. The number of rotatable bonds is 6. The standard InChI is InChI=1S/C12H14N6O2/c1-2-13-11-10(18(19)20)12(15-8-14-11)17-16-9-6-4-3-5-7-9/h3-8,16H,2H2,1H3,(H2,13,14,15,17). The van der Waals surface area contributed by atoms with Crippen molar-refractivity contribution in [2.45, 2.75) is 6.92 Å². The minimum atomic E-state index is -0.521. The number of nitrogens with one attached hydrogen (secondary N) is 3. The Morgan fingerprint density at radius 1 is 1.15 bits per heavy atom. The molecule has 8 heteroatoms. The predicted octanol–water partition coefficient (Wildman–Crippen LogP) is 2.26. The van der Waals surface area contributed by atoms with Gasteiger partial charge in [-0.3, -0.25) is 21.0 Å². The molecule has 0 atom stereocenters. The molecule has 0 unspecified atom stereocenters. The van der Waals surface area contributed by atoms with Crippen LogP contribution in [-0.2, 0) is 0 Å². The Hall–Kier alpha value is -2.90. The van der Waals surface area contributed by atoms with E-state index in [1.807, 2.05) is 37.3 Å². The van der Waals surface area contributed by atoms with Gasteiger partial charge in [-0.05, 0) is 19.1 Å². The molecule has 0 aliphatic heterocycles. The molecule has 0 spiro atoms. The first kappa shape index (κ1) is 13.5. The third kappa shape index (κ3) is 3.10. The van der Waals surface area contributed by atoms with E-state index in [0.29, 0.717) is 6.54 Å². The minimum absolute atomic E-state index is 0.102. The first-order chi connectivity index (χ1) is 9.72. The number of para-hydroxylation sites is 1. The third-order valence-electron chi connectivity index (χ3n) is 2.45. The van der Waals surface area contributed by atoms with Gasteiger partial charge in [0.25, 0.3) is 0 Å². The number of aromatic nitrogens is 2. The molecule has 8 nitrogen and oxygen atoms in total. The molecule has 0 aliphatic carbocycles. The molecule has 0 bridgehead atoms. The van der Waals surface area contributed by atoms with E-state index in [0.717, 1.165) is 5.69 Å². The Kier molecular flexibility index (Phi) is 4.28. The monoisotopic (exact) mass is 274 g/mol. The van der Waals surface area contributed by atoms with Gasteiger partial charge in [-0.15, -0.1) is 0 Å². The van der Waals surface area contributed by atoms with Crippen molar-refractivity contribution in [1.29, 1.82) is 0 Å². The number of nitrogens with zero attached hydrogens (tertiary/aromatic N) is 3. The average Bonchev–Trinajstić information content (AvgIpc) is 2.46. The van der Waals surface area contributed by atoms with Crippen LogP contribution in [0.3, 0.4) is 0 Å². The van der Waals surface area contributed by atoms with E-state index in [1.54, 1.807) is 0 Å². The molecule has 1 aromatic heterocycles. The van der Waals surface area contributed by atoms with Gasteiger partial charge < -0.3 is 5.32 Å². The van der Waals surface area contributed by atoms with Gasteiger partial charge in [0.1, 0.15) is 6.33 Å². The fourth-order valence-electron chi connectivity index (χ4n) is 1.59. The summed E-state index contributed by atoms with van der Waals surface area (Å²) in [5.41, 5.74) is 6.15. The van der Waals surface area contributed by atoms with Crippen LogP contribution in [0.4, 0.5) is 23.0 Å². The lowest BCUT2D eigenvalue weighted by molar-refractivity contribution is -0.383. The van der Waals surface area contributed by atoms with Crippen molar-refractivity contribution in [1.82, 2.24) is 9.97 Å². The number of hydrogen-bond donors (Lipinski definition) is 3. The summed E-state index contributed by atoms with van der Waals surface area (Å²) in [7, 11) is 0. The molecule has 1 aromatic carbocycles. The number of hydrogen-bond acceptors (Lipinski definition) is 7.